The smallest absolute Gasteiger partial charge is 0.332 e. The summed E-state index contributed by atoms with van der Waals surface area (Å²) in [7, 11) is 3.07. The molecule has 1 aliphatic heterocycles. The molecule has 0 radical (unpaired) electrons. The van der Waals surface area contributed by atoms with Crippen LogP contribution in [0.3, 0.4) is 0 Å². The predicted octanol–water partition coefficient (Wildman–Crippen LogP) is 7.47. The summed E-state index contributed by atoms with van der Waals surface area (Å²) in [6.07, 6.45) is -1.97. The van der Waals surface area contributed by atoms with Crippen LogP contribution in [0.25, 0.3) is 11.2 Å². The van der Waals surface area contributed by atoms with Crippen molar-refractivity contribution in [2.75, 3.05) is 39.3 Å². The molecule has 0 spiro atoms. The van der Waals surface area contributed by atoms with Crippen LogP contribution < -0.4 is 26.0 Å². The maximum atomic E-state index is 14.2. The lowest BCUT2D eigenvalue weighted by molar-refractivity contribution is -0.0917. The lowest BCUT2D eigenvalue weighted by Crippen LogP contribution is -2.39. The average Bonchev–Trinajstić information content (AvgIpc) is 3.76. The van der Waals surface area contributed by atoms with Crippen LogP contribution in [0.15, 0.2) is 88.5 Å². The van der Waals surface area contributed by atoms with Crippen molar-refractivity contribution in [3.05, 3.63) is 116 Å². The molecule has 15 nitrogen and oxygen atoms in total. The largest absolute Gasteiger partial charge is 0.497 e. The van der Waals surface area contributed by atoms with Crippen LogP contribution in [-0.2, 0) is 31.2 Å². The second-order valence-corrected chi connectivity index (χ2v) is 17.4. The third-order valence-corrected chi connectivity index (χ3v) is 12.8. The number of hydrogen-bond donors (Lipinski definition) is 2. The molecule has 0 bridgehead atoms. The molecule has 5 aromatic rings. The summed E-state index contributed by atoms with van der Waals surface area (Å²) in [5, 5.41) is 12.6. The summed E-state index contributed by atoms with van der Waals surface area (Å²) in [6, 6.07) is 27.7. The van der Waals surface area contributed by atoms with E-state index in [1.165, 1.54) is 9.13 Å². The average molecular weight is 856 g/mol. The number of aromatic amines is 1. The van der Waals surface area contributed by atoms with Crippen LogP contribution in [0.5, 0.6) is 11.5 Å². The van der Waals surface area contributed by atoms with Gasteiger partial charge in [-0.15, -0.1) is 0 Å². The molecule has 2 N–H and O–H groups in total. The Morgan fingerprint density at radius 1 is 0.934 bits per heavy atom. The number of nitriles is 1. The zero-order chi connectivity index (χ0) is 43.8. The minimum atomic E-state index is -1.73. The van der Waals surface area contributed by atoms with Gasteiger partial charge >= 0.3 is 5.69 Å². The Kier molecular flexibility index (Phi) is 15.1. The number of fused-ring (bicyclic) bond motifs is 1. The van der Waals surface area contributed by atoms with Gasteiger partial charge in [0.1, 0.15) is 29.4 Å². The third kappa shape index (κ3) is 9.86. The van der Waals surface area contributed by atoms with E-state index in [1.807, 2.05) is 92.7 Å². The second-order valence-electron chi connectivity index (χ2n) is 15.9. The zero-order valence-electron chi connectivity index (χ0n) is 36.5. The minimum Gasteiger partial charge on any atom is -0.497 e. The lowest BCUT2D eigenvalue weighted by atomic mass is 9.80. The van der Waals surface area contributed by atoms with E-state index in [0.717, 1.165) is 16.7 Å². The highest BCUT2D eigenvalue weighted by Crippen LogP contribution is 2.51. The van der Waals surface area contributed by atoms with Crippen LogP contribution >= 0.6 is 8.53 Å². The molecule has 1 fully saturated rings. The number of imidazole rings is 1. The van der Waals surface area contributed by atoms with Crippen molar-refractivity contribution in [1.29, 1.82) is 5.26 Å². The highest BCUT2D eigenvalue weighted by atomic mass is 31.2. The van der Waals surface area contributed by atoms with Gasteiger partial charge < -0.3 is 33.3 Å². The standard InChI is InChI=1S/C45H58N7O8P/c1-29(2)27-47-43-48-41-40(42(53)49-43)50(7)44(54)51(41)39-26-37(60-61(58-25-13-24-46)52(30(3)4)31(5)6)38(59-39)28-57-45(32-14-11-10-12-15-32,33-16-20-35(55-8)21-17-33)34-18-22-36(56-9)23-19-34/h10-12,14-23,29-31,37-39H,13,25-28H2,1-9H3,(H2,47,48,49,53)/t37-,38+,39+,61?/m0/s1. The highest BCUT2D eigenvalue weighted by Gasteiger charge is 2.46. The van der Waals surface area contributed by atoms with Crippen molar-refractivity contribution in [3.8, 4) is 17.6 Å². The number of benzene rings is 3. The molecule has 3 aromatic carbocycles. The van der Waals surface area contributed by atoms with Crippen LogP contribution in [-0.4, -0.2) is 82.0 Å². The molecular weight excluding hydrogens is 798 g/mol. The molecule has 1 saturated heterocycles. The molecule has 16 heteroatoms. The molecule has 3 heterocycles. The van der Waals surface area contributed by atoms with Crippen molar-refractivity contribution in [2.45, 2.75) is 90.5 Å². The van der Waals surface area contributed by atoms with E-state index < -0.39 is 43.8 Å². The predicted molar refractivity (Wildman–Crippen MR) is 236 cm³/mol. The Labute approximate surface area is 358 Å². The van der Waals surface area contributed by atoms with Crippen molar-refractivity contribution in [2.24, 2.45) is 13.0 Å². The molecule has 61 heavy (non-hydrogen) atoms. The number of ether oxygens (including phenoxy) is 4. The van der Waals surface area contributed by atoms with E-state index in [9.17, 15) is 14.9 Å². The lowest BCUT2D eigenvalue weighted by Gasteiger charge is -2.39. The summed E-state index contributed by atoms with van der Waals surface area (Å²) >= 11 is 0. The van der Waals surface area contributed by atoms with Crippen LogP contribution in [0, 0.1) is 17.2 Å². The Hall–Kier alpha value is -5.07. The zero-order valence-corrected chi connectivity index (χ0v) is 37.3. The molecule has 1 unspecified atom stereocenters. The van der Waals surface area contributed by atoms with Crippen LogP contribution in [0.2, 0.25) is 0 Å². The summed E-state index contributed by atoms with van der Waals surface area (Å²) < 4.78 is 43.6. The maximum absolute atomic E-state index is 14.2. The molecule has 326 valence electrons. The van der Waals surface area contributed by atoms with E-state index in [-0.39, 0.29) is 61.2 Å². The summed E-state index contributed by atoms with van der Waals surface area (Å²) in [5.74, 6) is 1.91. The quantitative estimate of drug-likeness (QED) is 0.0451. The number of hydrogen-bond acceptors (Lipinski definition) is 12. The Bertz CT molecular complexity index is 2300. The first-order chi connectivity index (χ1) is 29.3. The van der Waals surface area contributed by atoms with Crippen molar-refractivity contribution < 1.29 is 28.0 Å². The first-order valence-corrected chi connectivity index (χ1v) is 21.8. The van der Waals surface area contributed by atoms with Gasteiger partial charge in [-0.2, -0.15) is 10.2 Å². The van der Waals surface area contributed by atoms with Gasteiger partial charge in [0.2, 0.25) is 5.95 Å². The molecule has 0 aliphatic carbocycles. The number of H-pyrrole nitrogens is 1. The number of methoxy groups -OCH3 is 2. The topological polar surface area (TPSA) is 167 Å². The summed E-state index contributed by atoms with van der Waals surface area (Å²) in [4.78, 5) is 35.2. The van der Waals surface area contributed by atoms with Gasteiger partial charge in [-0.25, -0.2) is 14.0 Å². The first-order valence-electron chi connectivity index (χ1n) is 20.7. The van der Waals surface area contributed by atoms with E-state index in [4.69, 9.17) is 33.0 Å². The van der Waals surface area contributed by atoms with Crippen LogP contribution in [0.4, 0.5) is 5.95 Å². The normalized spacial score (nSPS) is 17.4. The van der Waals surface area contributed by atoms with Gasteiger partial charge in [-0.05, 0) is 74.6 Å². The van der Waals surface area contributed by atoms with Crippen molar-refractivity contribution in [3.63, 3.8) is 0 Å². The molecule has 6 rings (SSSR count). The maximum Gasteiger partial charge on any atom is 0.332 e. The summed E-state index contributed by atoms with van der Waals surface area (Å²) in [5.41, 5.74) is 0.736. The van der Waals surface area contributed by atoms with Crippen molar-refractivity contribution >= 4 is 25.6 Å². The number of anilines is 1. The summed E-state index contributed by atoms with van der Waals surface area (Å²) in [6.45, 7) is 13.1. The van der Waals surface area contributed by atoms with E-state index in [2.05, 4.69) is 48.7 Å². The molecule has 0 saturated carbocycles. The van der Waals surface area contributed by atoms with Gasteiger partial charge in [-0.3, -0.25) is 14.3 Å². The number of nitrogens with zero attached hydrogens (tertiary/aromatic N) is 5. The van der Waals surface area contributed by atoms with Gasteiger partial charge in [0.05, 0.1) is 46.0 Å². The fourth-order valence-electron chi connectivity index (χ4n) is 7.73. The molecular formula is C45H58N7O8P. The number of rotatable bonds is 20. The van der Waals surface area contributed by atoms with Crippen LogP contribution in [0.1, 0.15) is 77.3 Å². The SMILES string of the molecule is COc1ccc(C(OC[C@H]2O[C@@H](n3c(=O)n(C)c4c(=O)[nH]c(NCC(C)C)nc43)C[C@@H]2OP(OCCC#N)N(C(C)C)C(C)C)(c2ccccc2)c2ccc(OC)cc2)cc1. The molecule has 4 atom stereocenters. The molecule has 1 aliphatic rings. The van der Waals surface area contributed by atoms with Gasteiger partial charge in [0.25, 0.3) is 14.1 Å². The number of nitrogens with one attached hydrogen (secondary N) is 2. The number of aromatic nitrogens is 4. The highest BCUT2D eigenvalue weighted by molar-refractivity contribution is 7.44. The van der Waals surface area contributed by atoms with E-state index in [1.54, 1.807) is 21.3 Å². The van der Waals surface area contributed by atoms with Crippen molar-refractivity contribution in [1.82, 2.24) is 23.8 Å². The fourth-order valence-corrected chi connectivity index (χ4v) is 9.49. The monoisotopic (exact) mass is 855 g/mol. The molecule has 2 aromatic heterocycles. The number of aryl methyl sites for hydroxylation is 1. The molecule has 0 amide bonds. The third-order valence-electron chi connectivity index (χ3n) is 10.6. The second kappa shape index (κ2) is 20.2. The fraction of sp³-hybridized carbons (Fsp3) is 0.467. The Balaban J connectivity index is 1.48. The van der Waals surface area contributed by atoms with Gasteiger partial charge in [0.15, 0.2) is 11.2 Å². The van der Waals surface area contributed by atoms with Gasteiger partial charge in [0, 0.05) is 32.1 Å². The Morgan fingerprint density at radius 3 is 2.07 bits per heavy atom. The van der Waals surface area contributed by atoms with E-state index in [0.29, 0.717) is 18.0 Å². The first kappa shape index (κ1) is 45.5. The minimum absolute atomic E-state index is 0.00638. The Morgan fingerprint density at radius 2 is 1.52 bits per heavy atom. The van der Waals surface area contributed by atoms with E-state index >= 15 is 0 Å². The van der Waals surface area contributed by atoms with Gasteiger partial charge in [-0.1, -0.05) is 68.4 Å².